The quantitative estimate of drug-likeness (QED) is 0.724. The van der Waals surface area contributed by atoms with Crippen molar-refractivity contribution in [2.24, 2.45) is 0 Å². The van der Waals surface area contributed by atoms with Gasteiger partial charge in [-0.1, -0.05) is 19.3 Å². The topological polar surface area (TPSA) is 21.3 Å². The molecule has 1 aliphatic rings. The molecule has 1 N–H and O–H groups in total. The number of likely N-dealkylation sites (N-methyl/N-ethyl adjacent to an activating group) is 1. The number of ether oxygens (including phenoxy) is 1. The molecule has 1 fully saturated rings. The standard InChI is InChI=1S/C14H25NO/c1-4-6-10-13(15-3)14(16-5-2)11-8-7-9-12-14/h13,15H,5,7-12H2,1-3H3. The predicted molar refractivity (Wildman–Crippen MR) is 68.4 cm³/mol. The normalized spacial score (nSPS) is 20.9. The number of nitrogens with one attached hydrogen (secondary N) is 1. The molecule has 1 atom stereocenters. The summed E-state index contributed by atoms with van der Waals surface area (Å²) in [4.78, 5) is 0. The summed E-state index contributed by atoms with van der Waals surface area (Å²) in [5.74, 6) is 6.17. The van der Waals surface area contributed by atoms with Crippen LogP contribution in [0.3, 0.4) is 0 Å². The van der Waals surface area contributed by atoms with E-state index in [1.54, 1.807) is 0 Å². The van der Waals surface area contributed by atoms with Gasteiger partial charge in [-0.15, -0.1) is 11.8 Å². The molecule has 0 heterocycles. The van der Waals surface area contributed by atoms with Crippen LogP contribution in [0.15, 0.2) is 0 Å². The first kappa shape index (κ1) is 13.5. The molecule has 0 saturated heterocycles. The Labute approximate surface area is 100 Å². The van der Waals surface area contributed by atoms with Gasteiger partial charge in [0.15, 0.2) is 0 Å². The van der Waals surface area contributed by atoms with Crippen LogP contribution < -0.4 is 5.32 Å². The summed E-state index contributed by atoms with van der Waals surface area (Å²) in [6.07, 6.45) is 7.18. The first-order valence-electron chi connectivity index (χ1n) is 6.50. The van der Waals surface area contributed by atoms with E-state index in [1.807, 2.05) is 14.0 Å². The van der Waals surface area contributed by atoms with Crippen molar-refractivity contribution in [1.29, 1.82) is 0 Å². The second kappa shape index (κ2) is 6.93. The van der Waals surface area contributed by atoms with Crippen molar-refractivity contribution < 1.29 is 4.74 Å². The Morgan fingerprint density at radius 3 is 2.50 bits per heavy atom. The summed E-state index contributed by atoms with van der Waals surface area (Å²) in [7, 11) is 2.03. The highest BCUT2D eigenvalue weighted by Gasteiger charge is 2.39. The maximum Gasteiger partial charge on any atom is 0.0843 e. The minimum absolute atomic E-state index is 0.0333. The Bertz CT molecular complexity index is 240. The van der Waals surface area contributed by atoms with Crippen LogP contribution in [0.2, 0.25) is 0 Å². The molecular weight excluding hydrogens is 198 g/mol. The fourth-order valence-electron chi connectivity index (χ4n) is 2.79. The molecular formula is C14H25NO. The first-order valence-corrected chi connectivity index (χ1v) is 6.50. The van der Waals surface area contributed by atoms with Gasteiger partial charge in [-0.05, 0) is 33.7 Å². The largest absolute Gasteiger partial charge is 0.374 e. The monoisotopic (exact) mass is 223 g/mol. The van der Waals surface area contributed by atoms with Crippen molar-refractivity contribution in [3.8, 4) is 11.8 Å². The van der Waals surface area contributed by atoms with Gasteiger partial charge in [-0.2, -0.15) is 0 Å². The lowest BCUT2D eigenvalue weighted by molar-refractivity contribution is -0.0874. The van der Waals surface area contributed by atoms with Crippen LogP contribution in [0.25, 0.3) is 0 Å². The van der Waals surface area contributed by atoms with E-state index in [1.165, 1.54) is 32.1 Å². The van der Waals surface area contributed by atoms with Crippen molar-refractivity contribution in [2.75, 3.05) is 13.7 Å². The zero-order valence-corrected chi connectivity index (χ0v) is 10.9. The van der Waals surface area contributed by atoms with E-state index in [-0.39, 0.29) is 5.60 Å². The van der Waals surface area contributed by atoms with Gasteiger partial charge < -0.3 is 10.1 Å². The molecule has 0 radical (unpaired) electrons. The highest BCUT2D eigenvalue weighted by atomic mass is 16.5. The molecule has 92 valence electrons. The summed E-state index contributed by atoms with van der Waals surface area (Å²) >= 11 is 0. The van der Waals surface area contributed by atoms with Crippen LogP contribution >= 0.6 is 0 Å². The molecule has 0 spiro atoms. The number of hydrogen-bond donors (Lipinski definition) is 1. The molecule has 0 aromatic heterocycles. The van der Waals surface area contributed by atoms with Crippen molar-refractivity contribution in [2.45, 2.75) is 64.0 Å². The molecule has 0 aliphatic heterocycles. The summed E-state index contributed by atoms with van der Waals surface area (Å²) in [5, 5.41) is 3.40. The summed E-state index contributed by atoms with van der Waals surface area (Å²) in [5.41, 5.74) is 0.0333. The second-order valence-electron chi connectivity index (χ2n) is 4.53. The van der Waals surface area contributed by atoms with Gasteiger partial charge >= 0.3 is 0 Å². The summed E-state index contributed by atoms with van der Waals surface area (Å²) in [6, 6.07) is 0.375. The highest BCUT2D eigenvalue weighted by molar-refractivity contribution is 5.05. The third-order valence-electron chi connectivity index (χ3n) is 3.60. The number of rotatable bonds is 5. The average Bonchev–Trinajstić information content (AvgIpc) is 2.31. The minimum Gasteiger partial charge on any atom is -0.374 e. The SMILES string of the molecule is CC#CCC(NC)C1(OCC)CCCCC1. The van der Waals surface area contributed by atoms with E-state index in [9.17, 15) is 0 Å². The van der Waals surface area contributed by atoms with E-state index >= 15 is 0 Å². The van der Waals surface area contributed by atoms with Crippen molar-refractivity contribution in [3.05, 3.63) is 0 Å². The Balaban J connectivity index is 2.73. The Morgan fingerprint density at radius 2 is 2.00 bits per heavy atom. The van der Waals surface area contributed by atoms with Crippen LogP contribution in [0.1, 0.15) is 52.4 Å². The van der Waals surface area contributed by atoms with Gasteiger partial charge in [0.1, 0.15) is 0 Å². The summed E-state index contributed by atoms with van der Waals surface area (Å²) < 4.78 is 6.09. The lowest BCUT2D eigenvalue weighted by atomic mass is 9.78. The molecule has 1 unspecified atom stereocenters. The fourth-order valence-corrected chi connectivity index (χ4v) is 2.79. The molecule has 2 heteroatoms. The third kappa shape index (κ3) is 3.23. The van der Waals surface area contributed by atoms with Crippen LogP contribution in [-0.4, -0.2) is 25.3 Å². The third-order valence-corrected chi connectivity index (χ3v) is 3.60. The molecule has 1 saturated carbocycles. The maximum atomic E-state index is 6.09. The van der Waals surface area contributed by atoms with E-state index in [0.717, 1.165) is 13.0 Å². The molecule has 2 nitrogen and oxygen atoms in total. The minimum atomic E-state index is 0.0333. The van der Waals surface area contributed by atoms with E-state index in [4.69, 9.17) is 4.74 Å². The van der Waals surface area contributed by atoms with Crippen LogP contribution in [0.5, 0.6) is 0 Å². The summed E-state index contributed by atoms with van der Waals surface area (Å²) in [6.45, 7) is 4.80. The average molecular weight is 223 g/mol. The molecule has 1 aliphatic carbocycles. The zero-order chi connectivity index (χ0) is 11.9. The van der Waals surface area contributed by atoms with E-state index in [0.29, 0.717) is 6.04 Å². The molecule has 0 aromatic carbocycles. The smallest absolute Gasteiger partial charge is 0.0843 e. The Hall–Kier alpha value is -0.520. The van der Waals surface area contributed by atoms with E-state index in [2.05, 4.69) is 24.1 Å². The zero-order valence-electron chi connectivity index (χ0n) is 10.9. The first-order chi connectivity index (χ1) is 7.79. The van der Waals surface area contributed by atoms with Crippen molar-refractivity contribution in [3.63, 3.8) is 0 Å². The fraction of sp³-hybridized carbons (Fsp3) is 0.857. The lowest BCUT2D eigenvalue weighted by Gasteiger charge is -2.42. The van der Waals surface area contributed by atoms with Gasteiger partial charge in [0, 0.05) is 19.1 Å². The van der Waals surface area contributed by atoms with Gasteiger partial charge in [0.05, 0.1) is 5.60 Å². The van der Waals surface area contributed by atoms with Gasteiger partial charge in [0.2, 0.25) is 0 Å². The Kier molecular flexibility index (Phi) is 5.87. The molecule has 1 rings (SSSR count). The van der Waals surface area contributed by atoms with Gasteiger partial charge in [0.25, 0.3) is 0 Å². The number of hydrogen-bond acceptors (Lipinski definition) is 2. The maximum absolute atomic E-state index is 6.09. The molecule has 16 heavy (non-hydrogen) atoms. The van der Waals surface area contributed by atoms with Gasteiger partial charge in [-0.25, -0.2) is 0 Å². The van der Waals surface area contributed by atoms with Gasteiger partial charge in [-0.3, -0.25) is 0 Å². The predicted octanol–water partition coefficient (Wildman–Crippen LogP) is 2.73. The van der Waals surface area contributed by atoms with Crippen molar-refractivity contribution >= 4 is 0 Å². The highest BCUT2D eigenvalue weighted by Crippen LogP contribution is 2.35. The van der Waals surface area contributed by atoms with Crippen molar-refractivity contribution in [1.82, 2.24) is 5.32 Å². The lowest BCUT2D eigenvalue weighted by Crippen LogP contribution is -2.52. The van der Waals surface area contributed by atoms with E-state index < -0.39 is 0 Å². The molecule has 0 bridgehead atoms. The van der Waals surface area contributed by atoms with Crippen LogP contribution in [0, 0.1) is 11.8 Å². The van der Waals surface area contributed by atoms with Crippen LogP contribution in [-0.2, 0) is 4.74 Å². The Morgan fingerprint density at radius 1 is 1.31 bits per heavy atom. The molecule has 0 aromatic rings. The second-order valence-corrected chi connectivity index (χ2v) is 4.53. The van der Waals surface area contributed by atoms with Crippen LogP contribution in [0.4, 0.5) is 0 Å². The molecule has 0 amide bonds.